The normalized spacial score (nSPS) is 12.6. The van der Waals surface area contributed by atoms with Crippen LogP contribution in [-0.2, 0) is 16.8 Å². The first-order valence-corrected chi connectivity index (χ1v) is 15.3. The van der Waals surface area contributed by atoms with Crippen molar-refractivity contribution in [3.05, 3.63) is 51.9 Å². The van der Waals surface area contributed by atoms with Crippen molar-refractivity contribution in [1.29, 1.82) is 0 Å². The monoisotopic (exact) mass is 570 g/mol. The quantitative estimate of drug-likeness (QED) is 0.151. The molecule has 2 aromatic heterocycles. The molecule has 8 nitrogen and oxygen atoms in total. The number of rotatable bonds is 17. The van der Waals surface area contributed by atoms with E-state index in [0.717, 1.165) is 12.1 Å². The average molecular weight is 571 g/mol. The van der Waals surface area contributed by atoms with Crippen LogP contribution < -0.4 is 10.6 Å². The number of nitrogens with zero attached hydrogens (tertiary/aromatic N) is 3. The highest BCUT2D eigenvalue weighted by atomic mass is 35.5. The number of hydrogen-bond acceptors (Lipinski definition) is 4. The third kappa shape index (κ3) is 9.08. The molecule has 1 unspecified atom stereocenters. The summed E-state index contributed by atoms with van der Waals surface area (Å²) >= 11 is 6.26. The number of aryl methyl sites for hydroxylation is 2. The zero-order valence-electron chi connectivity index (χ0n) is 24.9. The smallest absolute Gasteiger partial charge is 0.251 e. The summed E-state index contributed by atoms with van der Waals surface area (Å²) in [6.45, 7) is 9.64. The molecular weight excluding hydrogens is 524 g/mol. The number of aromatic amines is 1. The van der Waals surface area contributed by atoms with E-state index in [1.54, 1.807) is 4.52 Å². The lowest BCUT2D eigenvalue weighted by molar-refractivity contribution is -0.123. The fourth-order valence-corrected chi connectivity index (χ4v) is 5.22. The van der Waals surface area contributed by atoms with Crippen LogP contribution in [0.15, 0.2) is 24.3 Å². The summed E-state index contributed by atoms with van der Waals surface area (Å²) in [5.41, 5.74) is 2.35. The molecule has 0 spiro atoms. The van der Waals surface area contributed by atoms with Gasteiger partial charge in [0.25, 0.3) is 5.91 Å². The van der Waals surface area contributed by atoms with Gasteiger partial charge >= 0.3 is 0 Å². The van der Waals surface area contributed by atoms with Crippen molar-refractivity contribution in [2.24, 2.45) is 0 Å². The lowest BCUT2D eigenvalue weighted by Gasteiger charge is -2.25. The number of hydrogen-bond donors (Lipinski definition) is 3. The molecule has 1 atom stereocenters. The number of nitrogens with one attached hydrogen (secondary N) is 3. The number of carbonyl (C=O) groups is 2. The standard InChI is InChI=1S/C31H47ClN6O2/c1-6-7-8-9-10-11-12-13-14-15-16-24-17-19-25(20-18-24)29(40)33-22(2)21-26(39)34-31(4,5)30-36-35-28-27(32)23(3)37-38(28)30/h17-20,22,37H,6-16,21H2,1-5H3,(H,33,40)(H,34,39). The zero-order chi connectivity index (χ0) is 29.1. The summed E-state index contributed by atoms with van der Waals surface area (Å²) < 4.78 is 1.68. The van der Waals surface area contributed by atoms with Gasteiger partial charge in [0.1, 0.15) is 5.02 Å². The van der Waals surface area contributed by atoms with Gasteiger partial charge in [-0.1, -0.05) is 88.4 Å². The molecule has 1 aromatic carbocycles. The van der Waals surface area contributed by atoms with E-state index in [1.807, 2.05) is 52.0 Å². The summed E-state index contributed by atoms with van der Waals surface area (Å²) in [4.78, 5) is 25.6. The second-order valence-electron chi connectivity index (χ2n) is 11.6. The topological polar surface area (TPSA) is 104 Å². The van der Waals surface area contributed by atoms with Crippen LogP contribution in [0.4, 0.5) is 0 Å². The average Bonchev–Trinajstić information content (AvgIpc) is 3.44. The molecular formula is C31H47ClN6O2. The van der Waals surface area contributed by atoms with Crippen molar-refractivity contribution in [3.8, 4) is 0 Å². The third-order valence-electron chi connectivity index (χ3n) is 7.38. The lowest BCUT2D eigenvalue weighted by atomic mass is 10.0. The second-order valence-corrected chi connectivity index (χ2v) is 12.0. The number of unbranched alkanes of at least 4 members (excludes halogenated alkanes) is 9. The minimum Gasteiger partial charge on any atom is -0.349 e. The van der Waals surface area contributed by atoms with Gasteiger partial charge in [0, 0.05) is 18.0 Å². The maximum absolute atomic E-state index is 12.8. The molecule has 0 fully saturated rings. The van der Waals surface area contributed by atoms with E-state index in [2.05, 4.69) is 32.9 Å². The van der Waals surface area contributed by atoms with E-state index < -0.39 is 5.54 Å². The van der Waals surface area contributed by atoms with Gasteiger partial charge in [0.2, 0.25) is 5.91 Å². The van der Waals surface area contributed by atoms with E-state index in [0.29, 0.717) is 22.1 Å². The molecule has 220 valence electrons. The van der Waals surface area contributed by atoms with Crippen molar-refractivity contribution in [2.45, 2.75) is 123 Å². The van der Waals surface area contributed by atoms with Gasteiger partial charge in [-0.3, -0.25) is 14.7 Å². The van der Waals surface area contributed by atoms with Crippen LogP contribution in [0.25, 0.3) is 5.65 Å². The highest BCUT2D eigenvalue weighted by Crippen LogP contribution is 2.25. The van der Waals surface area contributed by atoms with Crippen LogP contribution in [0.1, 0.15) is 126 Å². The highest BCUT2D eigenvalue weighted by molar-refractivity contribution is 6.34. The Morgan fingerprint density at radius 1 is 0.975 bits per heavy atom. The van der Waals surface area contributed by atoms with Crippen LogP contribution >= 0.6 is 11.6 Å². The van der Waals surface area contributed by atoms with Gasteiger partial charge in [-0.15, -0.1) is 10.2 Å². The maximum atomic E-state index is 12.8. The van der Waals surface area contributed by atoms with Gasteiger partial charge in [-0.05, 0) is 58.2 Å². The minimum atomic E-state index is -0.801. The predicted molar refractivity (Wildman–Crippen MR) is 162 cm³/mol. The van der Waals surface area contributed by atoms with Gasteiger partial charge in [0.15, 0.2) is 11.5 Å². The number of fused-ring (bicyclic) bond motifs is 1. The number of amides is 2. The van der Waals surface area contributed by atoms with Crippen LogP contribution in [0.2, 0.25) is 5.02 Å². The van der Waals surface area contributed by atoms with Crippen LogP contribution in [0, 0.1) is 6.92 Å². The SMILES string of the molecule is CCCCCCCCCCCCc1ccc(C(=O)NC(C)CC(=O)NC(C)(C)c2nnc3c(Cl)c(C)[nH]n23)cc1. The Morgan fingerprint density at radius 3 is 2.20 bits per heavy atom. The predicted octanol–water partition coefficient (Wildman–Crippen LogP) is 7.04. The van der Waals surface area contributed by atoms with Crippen molar-refractivity contribution in [3.63, 3.8) is 0 Å². The summed E-state index contributed by atoms with van der Waals surface area (Å²) in [7, 11) is 0. The summed E-state index contributed by atoms with van der Waals surface area (Å²) in [5.74, 6) is 0.164. The van der Waals surface area contributed by atoms with E-state index >= 15 is 0 Å². The number of carbonyl (C=O) groups excluding carboxylic acids is 2. The molecule has 0 aliphatic carbocycles. The molecule has 3 aromatic rings. The molecule has 40 heavy (non-hydrogen) atoms. The number of halogens is 1. The van der Waals surface area contributed by atoms with Crippen molar-refractivity contribution in [1.82, 2.24) is 30.4 Å². The van der Waals surface area contributed by atoms with Crippen molar-refractivity contribution >= 4 is 29.1 Å². The van der Waals surface area contributed by atoms with Crippen molar-refractivity contribution in [2.75, 3.05) is 0 Å². The van der Waals surface area contributed by atoms with Gasteiger partial charge in [0.05, 0.1) is 11.2 Å². The molecule has 0 bridgehead atoms. The largest absolute Gasteiger partial charge is 0.349 e. The molecule has 0 saturated heterocycles. The summed E-state index contributed by atoms with van der Waals surface area (Å²) in [5, 5.41) is 17.9. The fourth-order valence-electron chi connectivity index (χ4n) is 5.05. The lowest BCUT2D eigenvalue weighted by Crippen LogP contribution is -2.45. The second kappa shape index (κ2) is 15.2. The molecule has 3 N–H and O–H groups in total. The maximum Gasteiger partial charge on any atom is 0.251 e. The molecule has 0 radical (unpaired) electrons. The number of H-pyrrole nitrogens is 1. The van der Waals surface area contributed by atoms with Crippen LogP contribution in [0.5, 0.6) is 0 Å². The van der Waals surface area contributed by atoms with E-state index in [4.69, 9.17) is 11.6 Å². The summed E-state index contributed by atoms with van der Waals surface area (Å²) in [6, 6.07) is 7.48. The Kier molecular flexibility index (Phi) is 12.0. The number of aromatic nitrogens is 4. The summed E-state index contributed by atoms with van der Waals surface area (Å²) in [6.07, 6.45) is 14.4. The molecule has 2 amide bonds. The Hall–Kier alpha value is -2.87. The number of benzene rings is 1. The fraction of sp³-hybridized carbons (Fsp3) is 0.613. The first-order chi connectivity index (χ1) is 19.1. The van der Waals surface area contributed by atoms with E-state index in [9.17, 15) is 9.59 Å². The zero-order valence-corrected chi connectivity index (χ0v) is 25.7. The van der Waals surface area contributed by atoms with Crippen LogP contribution in [-0.4, -0.2) is 37.7 Å². The molecule has 0 saturated carbocycles. The van der Waals surface area contributed by atoms with Crippen LogP contribution in [0.3, 0.4) is 0 Å². The molecule has 0 aliphatic heterocycles. The third-order valence-corrected chi connectivity index (χ3v) is 7.84. The molecule has 3 rings (SSSR count). The highest BCUT2D eigenvalue weighted by Gasteiger charge is 2.30. The molecule has 2 heterocycles. The Bertz CT molecular complexity index is 1230. The van der Waals surface area contributed by atoms with E-state index in [1.165, 1.54) is 69.8 Å². The van der Waals surface area contributed by atoms with Gasteiger partial charge in [-0.25, -0.2) is 4.52 Å². The minimum absolute atomic E-state index is 0.137. The van der Waals surface area contributed by atoms with Gasteiger partial charge in [-0.2, -0.15) is 0 Å². The Labute approximate surface area is 244 Å². The Morgan fingerprint density at radius 2 is 1.57 bits per heavy atom. The van der Waals surface area contributed by atoms with Crippen molar-refractivity contribution < 1.29 is 9.59 Å². The van der Waals surface area contributed by atoms with Gasteiger partial charge < -0.3 is 10.6 Å². The Balaban J connectivity index is 1.37. The van der Waals surface area contributed by atoms with E-state index in [-0.39, 0.29) is 24.3 Å². The first-order valence-electron chi connectivity index (χ1n) is 14.9. The molecule has 9 heteroatoms. The molecule has 0 aliphatic rings. The first kappa shape index (κ1) is 31.7.